The number of carbonyl (C=O) groups excluding carboxylic acids is 3. The van der Waals surface area contributed by atoms with Crippen molar-refractivity contribution >= 4 is 17.8 Å². The van der Waals surface area contributed by atoms with Crippen LogP contribution in [0.1, 0.15) is 92.9 Å². The summed E-state index contributed by atoms with van der Waals surface area (Å²) in [4.78, 5) is 36.8. The summed E-state index contributed by atoms with van der Waals surface area (Å²) < 4.78 is 0. The Hall–Kier alpha value is -1.63. The Balaban J connectivity index is 4.60. The van der Waals surface area contributed by atoms with Crippen LogP contribution in [-0.4, -0.2) is 40.2 Å². The van der Waals surface area contributed by atoms with Gasteiger partial charge in [-0.1, -0.05) is 66.2 Å². The summed E-state index contributed by atoms with van der Waals surface area (Å²) in [5.74, 6) is -0.999. The highest BCUT2D eigenvalue weighted by atomic mass is 16.5. The molecule has 1 unspecified atom stereocenters. The van der Waals surface area contributed by atoms with Crippen molar-refractivity contribution in [2.45, 2.75) is 105 Å². The lowest BCUT2D eigenvalue weighted by Crippen LogP contribution is -2.54. The second kappa shape index (κ2) is 12.7. The van der Waals surface area contributed by atoms with E-state index >= 15 is 0 Å². The number of hydroxylamine groups is 2. The van der Waals surface area contributed by atoms with Crippen molar-refractivity contribution < 1.29 is 19.6 Å². The van der Waals surface area contributed by atoms with Crippen molar-refractivity contribution in [2.24, 2.45) is 5.41 Å². The van der Waals surface area contributed by atoms with Crippen LogP contribution in [0.25, 0.3) is 0 Å². The highest BCUT2D eigenvalue weighted by Crippen LogP contribution is 2.26. The molecular formula is C20H39N3O4. The highest BCUT2D eigenvalue weighted by Gasteiger charge is 2.35. The van der Waals surface area contributed by atoms with Crippen LogP contribution in [0.3, 0.4) is 0 Å². The Bertz CT molecular complexity index is 478. The molecule has 0 aromatic rings. The average molecular weight is 386 g/mol. The fourth-order valence-corrected chi connectivity index (χ4v) is 2.78. The molecule has 158 valence electrons. The quantitative estimate of drug-likeness (QED) is 0.269. The minimum absolute atomic E-state index is 0.0634. The molecule has 0 aliphatic carbocycles. The number of urea groups is 1. The molecule has 0 saturated carbocycles. The molecule has 27 heavy (non-hydrogen) atoms. The average Bonchev–Trinajstić information content (AvgIpc) is 2.60. The molecule has 0 fully saturated rings. The molecule has 0 aliphatic rings. The zero-order chi connectivity index (χ0) is 21.0. The van der Waals surface area contributed by atoms with E-state index in [2.05, 4.69) is 17.6 Å². The molecule has 0 aromatic carbocycles. The van der Waals surface area contributed by atoms with Crippen molar-refractivity contribution in [3.05, 3.63) is 0 Å². The van der Waals surface area contributed by atoms with Crippen LogP contribution >= 0.6 is 0 Å². The lowest BCUT2D eigenvalue weighted by molar-refractivity contribution is -0.163. The summed E-state index contributed by atoms with van der Waals surface area (Å²) in [6.45, 7) is 11.0. The lowest BCUT2D eigenvalue weighted by atomic mass is 9.85. The standard InChI is InChI=1S/C20H39N3O4/c1-7-9-10-11-12-13-14-20(5,6)18(25)23(27)19(26)22-16(8-2)17(24)21-15(3)4/h15-16,27H,7-14H2,1-6H3,(H,21,24)(H,22,26). The van der Waals surface area contributed by atoms with Crippen molar-refractivity contribution in [1.29, 1.82) is 0 Å². The number of hydrogen-bond acceptors (Lipinski definition) is 4. The van der Waals surface area contributed by atoms with Crippen LogP contribution in [0.15, 0.2) is 0 Å². The highest BCUT2D eigenvalue weighted by molar-refractivity contribution is 5.97. The van der Waals surface area contributed by atoms with Gasteiger partial charge in [-0.2, -0.15) is 0 Å². The van der Waals surface area contributed by atoms with E-state index in [4.69, 9.17) is 0 Å². The van der Waals surface area contributed by atoms with E-state index in [0.29, 0.717) is 12.8 Å². The van der Waals surface area contributed by atoms with E-state index in [9.17, 15) is 19.6 Å². The Morgan fingerprint density at radius 2 is 1.52 bits per heavy atom. The Morgan fingerprint density at radius 3 is 2.04 bits per heavy atom. The summed E-state index contributed by atoms with van der Waals surface area (Å²) >= 11 is 0. The predicted molar refractivity (Wildman–Crippen MR) is 106 cm³/mol. The fourth-order valence-electron chi connectivity index (χ4n) is 2.78. The number of rotatable bonds is 12. The maximum atomic E-state index is 12.5. The monoisotopic (exact) mass is 385 g/mol. The SMILES string of the molecule is CCCCCCCCC(C)(C)C(=O)N(O)C(=O)NC(CC)C(=O)NC(C)C. The molecule has 0 saturated heterocycles. The van der Waals surface area contributed by atoms with Gasteiger partial charge >= 0.3 is 6.03 Å². The number of nitrogens with one attached hydrogen (secondary N) is 2. The molecule has 0 heterocycles. The van der Waals surface area contributed by atoms with Crippen LogP contribution in [0.4, 0.5) is 4.79 Å². The summed E-state index contributed by atoms with van der Waals surface area (Å²) in [5, 5.41) is 15.3. The summed E-state index contributed by atoms with van der Waals surface area (Å²) in [5.41, 5.74) is -0.848. The number of hydrogen-bond donors (Lipinski definition) is 3. The largest absolute Gasteiger partial charge is 0.352 e. The van der Waals surface area contributed by atoms with E-state index < -0.39 is 23.4 Å². The summed E-state index contributed by atoms with van der Waals surface area (Å²) in [7, 11) is 0. The van der Waals surface area contributed by atoms with Crippen LogP contribution in [0, 0.1) is 5.41 Å². The molecular weight excluding hydrogens is 346 g/mol. The molecule has 3 N–H and O–H groups in total. The zero-order valence-corrected chi connectivity index (χ0v) is 17.9. The van der Waals surface area contributed by atoms with E-state index in [1.807, 2.05) is 13.8 Å². The number of imide groups is 1. The third kappa shape index (κ3) is 9.75. The van der Waals surface area contributed by atoms with Crippen LogP contribution in [-0.2, 0) is 9.59 Å². The van der Waals surface area contributed by atoms with E-state index in [0.717, 1.165) is 19.3 Å². The van der Waals surface area contributed by atoms with Gasteiger partial charge in [0.15, 0.2) is 0 Å². The molecule has 4 amide bonds. The van der Waals surface area contributed by atoms with Crippen LogP contribution < -0.4 is 10.6 Å². The third-order valence-corrected chi connectivity index (χ3v) is 4.57. The molecule has 7 nitrogen and oxygen atoms in total. The van der Waals surface area contributed by atoms with Crippen LogP contribution in [0.2, 0.25) is 0 Å². The number of amides is 4. The minimum Gasteiger partial charge on any atom is -0.352 e. The van der Waals surface area contributed by atoms with Gasteiger partial charge in [0.1, 0.15) is 6.04 Å². The first-order valence-corrected chi connectivity index (χ1v) is 10.2. The molecule has 0 aromatic heterocycles. The molecule has 0 aliphatic heterocycles. The number of carbonyl (C=O) groups is 3. The fraction of sp³-hybridized carbons (Fsp3) is 0.850. The number of nitrogens with zero attached hydrogens (tertiary/aromatic N) is 1. The maximum absolute atomic E-state index is 12.5. The third-order valence-electron chi connectivity index (χ3n) is 4.57. The molecule has 0 bridgehead atoms. The Labute approximate surface area is 164 Å². The van der Waals surface area contributed by atoms with Gasteiger partial charge in [0, 0.05) is 11.5 Å². The predicted octanol–water partition coefficient (Wildman–Crippen LogP) is 3.99. The van der Waals surface area contributed by atoms with Crippen molar-refractivity contribution in [3.8, 4) is 0 Å². The first kappa shape index (κ1) is 25.4. The van der Waals surface area contributed by atoms with Gasteiger partial charge < -0.3 is 10.6 Å². The van der Waals surface area contributed by atoms with Crippen molar-refractivity contribution in [3.63, 3.8) is 0 Å². The zero-order valence-electron chi connectivity index (χ0n) is 17.9. The van der Waals surface area contributed by atoms with Crippen molar-refractivity contribution in [2.75, 3.05) is 0 Å². The van der Waals surface area contributed by atoms with Gasteiger partial charge in [-0.25, -0.2) is 4.79 Å². The summed E-state index contributed by atoms with van der Waals surface area (Å²) in [6, 6.07) is -1.84. The normalized spacial score (nSPS) is 12.6. The Kier molecular flexibility index (Phi) is 11.9. The van der Waals surface area contributed by atoms with Gasteiger partial charge in [0.2, 0.25) is 5.91 Å². The molecule has 0 rings (SSSR count). The molecule has 0 radical (unpaired) electrons. The van der Waals surface area contributed by atoms with Crippen molar-refractivity contribution in [1.82, 2.24) is 15.7 Å². The van der Waals surface area contributed by atoms with Gasteiger partial charge in [-0.15, -0.1) is 5.06 Å². The smallest absolute Gasteiger partial charge is 0.349 e. The Morgan fingerprint density at radius 1 is 0.963 bits per heavy atom. The van der Waals surface area contributed by atoms with E-state index in [1.54, 1.807) is 20.8 Å². The second-order valence-electron chi connectivity index (χ2n) is 8.09. The number of unbranched alkanes of at least 4 members (excludes halogenated alkanes) is 5. The molecule has 0 spiro atoms. The maximum Gasteiger partial charge on any atom is 0.349 e. The first-order chi connectivity index (χ1) is 12.6. The van der Waals surface area contributed by atoms with Gasteiger partial charge in [0.25, 0.3) is 5.91 Å². The van der Waals surface area contributed by atoms with E-state index in [1.165, 1.54) is 19.3 Å². The molecule has 1 atom stereocenters. The lowest BCUT2D eigenvalue weighted by Gasteiger charge is -2.28. The first-order valence-electron chi connectivity index (χ1n) is 10.2. The minimum atomic E-state index is -0.971. The van der Waals surface area contributed by atoms with E-state index in [-0.39, 0.29) is 17.0 Å². The van der Waals surface area contributed by atoms with Crippen LogP contribution in [0.5, 0.6) is 0 Å². The topological polar surface area (TPSA) is 98.7 Å². The van der Waals surface area contributed by atoms with Gasteiger partial charge in [-0.3, -0.25) is 14.8 Å². The van der Waals surface area contributed by atoms with Gasteiger partial charge in [-0.05, 0) is 26.7 Å². The summed E-state index contributed by atoms with van der Waals surface area (Å²) in [6.07, 6.45) is 7.57. The molecule has 7 heteroatoms. The second-order valence-corrected chi connectivity index (χ2v) is 8.09. The van der Waals surface area contributed by atoms with Gasteiger partial charge in [0.05, 0.1) is 0 Å².